The lowest BCUT2D eigenvalue weighted by atomic mass is 9.96. The molecular formula is C14H30N2O. The van der Waals surface area contributed by atoms with E-state index in [0.29, 0.717) is 11.8 Å². The molecule has 1 atom stereocenters. The number of rotatable bonds is 9. The van der Waals surface area contributed by atoms with Gasteiger partial charge in [0.15, 0.2) is 5.78 Å². The SMILES string of the molecule is CC(C)N[C@@H](CCCCN(C)C)C(=O)C(C)C. The van der Waals surface area contributed by atoms with Crippen molar-refractivity contribution in [2.45, 2.75) is 59.0 Å². The molecule has 0 aromatic rings. The van der Waals surface area contributed by atoms with E-state index in [4.69, 9.17) is 0 Å². The monoisotopic (exact) mass is 242 g/mol. The summed E-state index contributed by atoms with van der Waals surface area (Å²) in [5.41, 5.74) is 0. The number of hydrogen-bond donors (Lipinski definition) is 1. The Bertz CT molecular complexity index is 212. The van der Waals surface area contributed by atoms with Crippen molar-refractivity contribution in [3.05, 3.63) is 0 Å². The number of hydrogen-bond acceptors (Lipinski definition) is 3. The second kappa shape index (κ2) is 8.65. The molecule has 0 spiro atoms. The van der Waals surface area contributed by atoms with Crippen LogP contribution in [0.25, 0.3) is 0 Å². The van der Waals surface area contributed by atoms with Gasteiger partial charge < -0.3 is 10.2 Å². The van der Waals surface area contributed by atoms with E-state index >= 15 is 0 Å². The van der Waals surface area contributed by atoms with Crippen LogP contribution in [0.3, 0.4) is 0 Å². The Morgan fingerprint density at radius 2 is 1.71 bits per heavy atom. The molecule has 0 heterocycles. The third-order valence-corrected chi connectivity index (χ3v) is 2.80. The molecule has 0 aliphatic rings. The lowest BCUT2D eigenvalue weighted by molar-refractivity contribution is -0.124. The minimum absolute atomic E-state index is 0.0390. The van der Waals surface area contributed by atoms with E-state index in [0.717, 1.165) is 25.8 Å². The van der Waals surface area contributed by atoms with Gasteiger partial charge in [0.25, 0.3) is 0 Å². The van der Waals surface area contributed by atoms with Crippen molar-refractivity contribution < 1.29 is 4.79 Å². The zero-order valence-electron chi connectivity index (χ0n) is 12.4. The van der Waals surface area contributed by atoms with Crippen LogP contribution < -0.4 is 5.32 Å². The van der Waals surface area contributed by atoms with Crippen molar-refractivity contribution in [2.75, 3.05) is 20.6 Å². The topological polar surface area (TPSA) is 32.3 Å². The molecule has 0 aliphatic carbocycles. The summed E-state index contributed by atoms with van der Waals surface area (Å²) in [6, 6.07) is 0.411. The number of unbranched alkanes of at least 4 members (excludes halogenated alkanes) is 1. The lowest BCUT2D eigenvalue weighted by Gasteiger charge is -2.22. The molecule has 102 valence electrons. The highest BCUT2D eigenvalue weighted by Gasteiger charge is 2.20. The summed E-state index contributed by atoms with van der Waals surface area (Å²) in [5.74, 6) is 0.476. The molecule has 0 bridgehead atoms. The largest absolute Gasteiger partial charge is 0.309 e. The molecule has 0 aromatic carbocycles. The Labute approximate surface area is 107 Å². The average molecular weight is 242 g/mol. The number of nitrogens with zero attached hydrogens (tertiary/aromatic N) is 1. The van der Waals surface area contributed by atoms with Crippen molar-refractivity contribution in [1.29, 1.82) is 0 Å². The molecule has 0 saturated heterocycles. The number of carbonyl (C=O) groups excluding carboxylic acids is 1. The molecule has 3 nitrogen and oxygen atoms in total. The van der Waals surface area contributed by atoms with Crippen LogP contribution in [0.2, 0.25) is 0 Å². The molecule has 0 aromatic heterocycles. The Morgan fingerprint density at radius 1 is 1.12 bits per heavy atom. The molecule has 0 fully saturated rings. The van der Waals surface area contributed by atoms with Crippen molar-refractivity contribution in [1.82, 2.24) is 10.2 Å². The van der Waals surface area contributed by atoms with Gasteiger partial charge in [-0.3, -0.25) is 4.79 Å². The van der Waals surface area contributed by atoms with Gasteiger partial charge in [0.1, 0.15) is 0 Å². The summed E-state index contributed by atoms with van der Waals surface area (Å²) < 4.78 is 0. The van der Waals surface area contributed by atoms with Crippen LogP contribution in [-0.4, -0.2) is 43.4 Å². The fourth-order valence-electron chi connectivity index (χ4n) is 1.89. The zero-order chi connectivity index (χ0) is 13.4. The van der Waals surface area contributed by atoms with E-state index in [1.54, 1.807) is 0 Å². The second-order valence-corrected chi connectivity index (χ2v) is 5.73. The third kappa shape index (κ3) is 8.33. The summed E-state index contributed by atoms with van der Waals surface area (Å²) >= 11 is 0. The van der Waals surface area contributed by atoms with Gasteiger partial charge in [-0.2, -0.15) is 0 Å². The Hall–Kier alpha value is -0.410. The van der Waals surface area contributed by atoms with E-state index in [1.165, 1.54) is 0 Å². The summed E-state index contributed by atoms with van der Waals surface area (Å²) in [7, 11) is 4.17. The van der Waals surface area contributed by atoms with Crippen LogP contribution >= 0.6 is 0 Å². The highest BCUT2D eigenvalue weighted by Crippen LogP contribution is 2.09. The van der Waals surface area contributed by atoms with Crippen LogP contribution in [0.5, 0.6) is 0 Å². The third-order valence-electron chi connectivity index (χ3n) is 2.80. The summed E-state index contributed by atoms with van der Waals surface area (Å²) in [5, 5.41) is 3.39. The van der Waals surface area contributed by atoms with E-state index < -0.39 is 0 Å². The van der Waals surface area contributed by atoms with Gasteiger partial charge in [-0.15, -0.1) is 0 Å². The fourth-order valence-corrected chi connectivity index (χ4v) is 1.89. The summed E-state index contributed by atoms with van der Waals surface area (Å²) in [6.07, 6.45) is 3.23. The van der Waals surface area contributed by atoms with Crippen molar-refractivity contribution in [2.24, 2.45) is 5.92 Å². The summed E-state index contributed by atoms with van der Waals surface area (Å²) in [4.78, 5) is 14.2. The predicted octanol–water partition coefficient (Wildman–Crippen LogP) is 2.31. The van der Waals surface area contributed by atoms with Gasteiger partial charge in [-0.25, -0.2) is 0 Å². The Morgan fingerprint density at radius 3 is 2.12 bits per heavy atom. The van der Waals surface area contributed by atoms with Crippen LogP contribution in [0, 0.1) is 5.92 Å². The second-order valence-electron chi connectivity index (χ2n) is 5.73. The van der Waals surface area contributed by atoms with Crippen molar-refractivity contribution in [3.63, 3.8) is 0 Å². The molecule has 0 rings (SSSR count). The standard InChI is InChI=1S/C14H30N2O/c1-11(2)14(17)13(15-12(3)4)9-7-8-10-16(5)6/h11-13,15H,7-10H2,1-6H3/t13-/m0/s1. The number of ketones is 1. The minimum Gasteiger partial charge on any atom is -0.309 e. The molecule has 17 heavy (non-hydrogen) atoms. The maximum absolute atomic E-state index is 12.0. The molecule has 0 saturated carbocycles. The van der Waals surface area contributed by atoms with Gasteiger partial charge in [0.05, 0.1) is 6.04 Å². The minimum atomic E-state index is 0.0390. The van der Waals surface area contributed by atoms with Gasteiger partial charge in [-0.05, 0) is 33.5 Å². The smallest absolute Gasteiger partial charge is 0.152 e. The first-order chi connectivity index (χ1) is 7.84. The maximum Gasteiger partial charge on any atom is 0.152 e. The van der Waals surface area contributed by atoms with Gasteiger partial charge in [-0.1, -0.05) is 34.1 Å². The first kappa shape index (κ1) is 16.6. The highest BCUT2D eigenvalue weighted by molar-refractivity contribution is 5.85. The number of Topliss-reactive ketones (excluding diaryl/α,β-unsaturated/α-hetero) is 1. The highest BCUT2D eigenvalue weighted by atomic mass is 16.1. The molecule has 3 heteroatoms. The van der Waals surface area contributed by atoms with Gasteiger partial charge >= 0.3 is 0 Å². The first-order valence-corrected chi connectivity index (χ1v) is 6.79. The van der Waals surface area contributed by atoms with Crippen LogP contribution in [0.15, 0.2) is 0 Å². The van der Waals surface area contributed by atoms with E-state index in [-0.39, 0.29) is 12.0 Å². The number of carbonyl (C=O) groups is 1. The average Bonchev–Trinajstić information content (AvgIpc) is 2.20. The van der Waals surface area contributed by atoms with Crippen LogP contribution in [-0.2, 0) is 4.79 Å². The Kier molecular flexibility index (Phi) is 8.44. The molecular weight excluding hydrogens is 212 g/mol. The molecule has 0 aliphatic heterocycles. The maximum atomic E-state index is 12.0. The predicted molar refractivity (Wildman–Crippen MR) is 74.3 cm³/mol. The normalized spacial score (nSPS) is 13.7. The van der Waals surface area contributed by atoms with E-state index in [1.807, 2.05) is 13.8 Å². The van der Waals surface area contributed by atoms with E-state index in [2.05, 4.69) is 38.2 Å². The molecule has 1 N–H and O–H groups in total. The van der Waals surface area contributed by atoms with Crippen LogP contribution in [0.4, 0.5) is 0 Å². The molecule has 0 unspecified atom stereocenters. The van der Waals surface area contributed by atoms with Crippen molar-refractivity contribution >= 4 is 5.78 Å². The Balaban J connectivity index is 4.07. The molecule has 0 amide bonds. The van der Waals surface area contributed by atoms with E-state index in [9.17, 15) is 4.79 Å². The molecule has 0 radical (unpaired) electrons. The number of nitrogens with one attached hydrogen (secondary N) is 1. The van der Waals surface area contributed by atoms with Gasteiger partial charge in [0.2, 0.25) is 0 Å². The van der Waals surface area contributed by atoms with Crippen molar-refractivity contribution in [3.8, 4) is 0 Å². The quantitative estimate of drug-likeness (QED) is 0.630. The lowest BCUT2D eigenvalue weighted by Crippen LogP contribution is -2.42. The summed E-state index contributed by atoms with van der Waals surface area (Å²) in [6.45, 7) is 9.26. The van der Waals surface area contributed by atoms with Crippen LogP contribution in [0.1, 0.15) is 47.0 Å². The first-order valence-electron chi connectivity index (χ1n) is 6.79. The fraction of sp³-hybridized carbons (Fsp3) is 0.929. The zero-order valence-corrected chi connectivity index (χ0v) is 12.4. The van der Waals surface area contributed by atoms with Gasteiger partial charge in [0, 0.05) is 12.0 Å².